The van der Waals surface area contributed by atoms with Crippen molar-refractivity contribution in [1.29, 1.82) is 0 Å². The molecule has 0 aromatic heterocycles. The van der Waals surface area contributed by atoms with Gasteiger partial charge in [0.25, 0.3) is 0 Å². The van der Waals surface area contributed by atoms with E-state index in [1.807, 2.05) is 6.92 Å². The van der Waals surface area contributed by atoms with Gasteiger partial charge in [-0.2, -0.15) is 13.2 Å². The van der Waals surface area contributed by atoms with Crippen LogP contribution in [0.25, 0.3) is 0 Å². The molecule has 0 aliphatic carbocycles. The normalized spacial score (nSPS) is 19.5. The van der Waals surface area contributed by atoms with Crippen LogP contribution in [0.15, 0.2) is 4.99 Å². The molecule has 0 saturated carbocycles. The van der Waals surface area contributed by atoms with E-state index in [0.29, 0.717) is 25.6 Å². The lowest BCUT2D eigenvalue weighted by molar-refractivity contribution is -0.143. The Hall–Kier alpha value is -0.250. The highest BCUT2D eigenvalue weighted by Crippen LogP contribution is 2.22. The van der Waals surface area contributed by atoms with Crippen LogP contribution in [-0.4, -0.2) is 56.3 Å². The minimum atomic E-state index is -4.11. The molecule has 1 aliphatic heterocycles. The summed E-state index contributed by atoms with van der Waals surface area (Å²) < 4.78 is 37.2. The van der Waals surface area contributed by atoms with Crippen LogP contribution in [0.2, 0.25) is 0 Å². The highest BCUT2D eigenvalue weighted by Gasteiger charge is 2.34. The van der Waals surface area contributed by atoms with Crippen molar-refractivity contribution in [1.82, 2.24) is 15.5 Å². The molecule has 4 nitrogen and oxygen atoms in total. The Kier molecular flexibility index (Phi) is 12.0. The number of nitrogens with zero attached hydrogens (tertiary/aromatic N) is 2. The van der Waals surface area contributed by atoms with Crippen molar-refractivity contribution in [3.8, 4) is 0 Å². The van der Waals surface area contributed by atoms with Gasteiger partial charge in [0, 0.05) is 26.2 Å². The molecule has 1 saturated heterocycles. The molecule has 1 unspecified atom stereocenters. The molecule has 24 heavy (non-hydrogen) atoms. The summed E-state index contributed by atoms with van der Waals surface area (Å²) in [6, 6.07) is 0. The molecule has 144 valence electrons. The highest BCUT2D eigenvalue weighted by atomic mass is 127. The van der Waals surface area contributed by atoms with Crippen LogP contribution < -0.4 is 10.6 Å². The first-order valence-corrected chi connectivity index (χ1v) is 8.61. The van der Waals surface area contributed by atoms with Crippen LogP contribution in [0.5, 0.6) is 0 Å². The molecule has 0 spiro atoms. The Morgan fingerprint density at radius 1 is 1.29 bits per heavy atom. The lowest BCUT2D eigenvalue weighted by Crippen LogP contribution is -2.38. The molecule has 1 heterocycles. The summed E-state index contributed by atoms with van der Waals surface area (Å²) in [5.41, 5.74) is 0. The molecule has 0 bridgehead atoms. The molecular weight excluding hydrogens is 432 g/mol. The van der Waals surface area contributed by atoms with E-state index < -0.39 is 12.7 Å². The maximum atomic E-state index is 12.4. The van der Waals surface area contributed by atoms with Crippen molar-refractivity contribution in [2.75, 3.05) is 39.3 Å². The van der Waals surface area contributed by atoms with Gasteiger partial charge in [0.2, 0.25) is 0 Å². The van der Waals surface area contributed by atoms with Gasteiger partial charge in [-0.15, -0.1) is 24.0 Å². The second-order valence-electron chi connectivity index (χ2n) is 6.69. The Balaban J connectivity index is 0.00000529. The van der Waals surface area contributed by atoms with Gasteiger partial charge >= 0.3 is 6.18 Å². The maximum absolute atomic E-state index is 12.4. The number of guanidine groups is 1. The summed E-state index contributed by atoms with van der Waals surface area (Å²) in [5.74, 6) is 1.67. The molecule has 1 atom stereocenters. The van der Waals surface area contributed by atoms with E-state index in [1.165, 1.54) is 11.3 Å². The van der Waals surface area contributed by atoms with E-state index >= 15 is 0 Å². The Labute approximate surface area is 161 Å². The molecule has 1 rings (SSSR count). The number of hydrogen-bond donors (Lipinski definition) is 2. The molecule has 1 fully saturated rings. The number of hydrogen-bond acceptors (Lipinski definition) is 2. The Bertz CT molecular complexity index is 362. The SMILES string of the molecule is CCNC(=NCC1CCN(CC(F)(F)F)C1)NCCCC(C)C.I. The predicted octanol–water partition coefficient (Wildman–Crippen LogP) is 3.48. The van der Waals surface area contributed by atoms with Crippen molar-refractivity contribution in [3.05, 3.63) is 0 Å². The van der Waals surface area contributed by atoms with E-state index in [9.17, 15) is 13.2 Å². The van der Waals surface area contributed by atoms with Gasteiger partial charge in [-0.25, -0.2) is 0 Å². The van der Waals surface area contributed by atoms with Crippen molar-refractivity contribution in [2.24, 2.45) is 16.8 Å². The third kappa shape index (κ3) is 11.3. The molecule has 0 aromatic carbocycles. The van der Waals surface area contributed by atoms with Crippen LogP contribution in [-0.2, 0) is 0 Å². The zero-order valence-electron chi connectivity index (χ0n) is 15.0. The van der Waals surface area contributed by atoms with Gasteiger partial charge in [0.05, 0.1) is 6.54 Å². The van der Waals surface area contributed by atoms with Gasteiger partial charge in [0.15, 0.2) is 5.96 Å². The van der Waals surface area contributed by atoms with Crippen molar-refractivity contribution in [3.63, 3.8) is 0 Å². The summed E-state index contributed by atoms with van der Waals surface area (Å²) in [7, 11) is 0. The quantitative estimate of drug-likeness (QED) is 0.250. The van der Waals surface area contributed by atoms with Crippen LogP contribution in [0, 0.1) is 11.8 Å². The number of rotatable bonds is 8. The summed E-state index contributed by atoms with van der Waals surface area (Å²) in [6.45, 7) is 8.82. The third-order valence-electron chi connectivity index (χ3n) is 3.88. The van der Waals surface area contributed by atoms with Crippen LogP contribution >= 0.6 is 24.0 Å². The molecule has 8 heteroatoms. The monoisotopic (exact) mass is 464 g/mol. The lowest BCUT2D eigenvalue weighted by atomic mass is 10.1. The highest BCUT2D eigenvalue weighted by molar-refractivity contribution is 14.0. The molecule has 0 amide bonds. The molecular formula is C16H32F3IN4. The average molecular weight is 464 g/mol. The first-order chi connectivity index (χ1) is 10.8. The van der Waals surface area contributed by atoms with E-state index in [1.54, 1.807) is 0 Å². The largest absolute Gasteiger partial charge is 0.401 e. The van der Waals surface area contributed by atoms with E-state index in [0.717, 1.165) is 31.9 Å². The molecule has 1 aliphatic rings. The Morgan fingerprint density at radius 2 is 2.00 bits per heavy atom. The molecule has 0 radical (unpaired) electrons. The first-order valence-electron chi connectivity index (χ1n) is 8.61. The standard InChI is InChI=1S/C16H31F3N4.HI/c1-4-20-15(21-8-5-6-13(2)3)22-10-14-7-9-23(11-14)12-16(17,18)19;/h13-14H,4-12H2,1-3H3,(H2,20,21,22);1H. The fraction of sp³-hybridized carbons (Fsp3) is 0.938. The van der Waals surface area contributed by atoms with Crippen molar-refractivity contribution < 1.29 is 13.2 Å². The minimum absolute atomic E-state index is 0. The number of alkyl halides is 3. The fourth-order valence-corrected chi connectivity index (χ4v) is 2.74. The van der Waals surface area contributed by atoms with Crippen molar-refractivity contribution >= 4 is 29.9 Å². The smallest absolute Gasteiger partial charge is 0.357 e. The van der Waals surface area contributed by atoms with Gasteiger partial charge in [-0.05, 0) is 44.6 Å². The van der Waals surface area contributed by atoms with Gasteiger partial charge in [-0.3, -0.25) is 9.89 Å². The zero-order chi connectivity index (χ0) is 17.3. The topological polar surface area (TPSA) is 39.7 Å². The van der Waals surface area contributed by atoms with Gasteiger partial charge < -0.3 is 10.6 Å². The summed E-state index contributed by atoms with van der Waals surface area (Å²) >= 11 is 0. The average Bonchev–Trinajstić information content (AvgIpc) is 2.85. The summed E-state index contributed by atoms with van der Waals surface area (Å²) in [5, 5.41) is 6.48. The first kappa shape index (κ1) is 23.8. The van der Waals surface area contributed by atoms with E-state index in [-0.39, 0.29) is 29.9 Å². The number of nitrogens with one attached hydrogen (secondary N) is 2. The van der Waals surface area contributed by atoms with Crippen LogP contribution in [0.1, 0.15) is 40.0 Å². The zero-order valence-corrected chi connectivity index (χ0v) is 17.3. The Morgan fingerprint density at radius 3 is 2.58 bits per heavy atom. The number of halogens is 4. The maximum Gasteiger partial charge on any atom is 0.401 e. The second kappa shape index (κ2) is 12.2. The van der Waals surface area contributed by atoms with Gasteiger partial charge in [-0.1, -0.05) is 13.8 Å². The van der Waals surface area contributed by atoms with E-state index in [2.05, 4.69) is 29.5 Å². The molecule has 0 aromatic rings. The summed E-state index contributed by atoms with van der Waals surface area (Å²) in [6.07, 6.45) is -1.07. The number of aliphatic imine (C=N–C) groups is 1. The third-order valence-corrected chi connectivity index (χ3v) is 3.88. The van der Waals surface area contributed by atoms with Crippen molar-refractivity contribution in [2.45, 2.75) is 46.2 Å². The lowest BCUT2D eigenvalue weighted by Gasteiger charge is -2.17. The van der Waals surface area contributed by atoms with E-state index in [4.69, 9.17) is 0 Å². The minimum Gasteiger partial charge on any atom is -0.357 e. The molecule has 2 N–H and O–H groups in total. The number of likely N-dealkylation sites (tertiary alicyclic amines) is 1. The predicted molar refractivity (Wildman–Crippen MR) is 104 cm³/mol. The summed E-state index contributed by atoms with van der Waals surface area (Å²) in [4.78, 5) is 6.00. The van der Waals surface area contributed by atoms with Crippen LogP contribution in [0.3, 0.4) is 0 Å². The fourth-order valence-electron chi connectivity index (χ4n) is 2.74. The second-order valence-corrected chi connectivity index (χ2v) is 6.69. The van der Waals surface area contributed by atoms with Gasteiger partial charge in [0.1, 0.15) is 0 Å². The van der Waals surface area contributed by atoms with Crippen LogP contribution in [0.4, 0.5) is 13.2 Å².